The Morgan fingerprint density at radius 3 is 1.61 bits per heavy atom. The summed E-state index contributed by atoms with van der Waals surface area (Å²) in [6, 6.07) is 78.8. The van der Waals surface area contributed by atoms with Gasteiger partial charge in [0.05, 0.1) is 15.9 Å². The molecule has 2 nitrogen and oxygen atoms in total. The van der Waals surface area contributed by atoms with E-state index in [9.17, 15) is 0 Å². The van der Waals surface area contributed by atoms with Crippen LogP contribution in [-0.4, -0.2) is 4.98 Å². The lowest BCUT2D eigenvalue weighted by Crippen LogP contribution is -2.11. The van der Waals surface area contributed by atoms with Crippen molar-refractivity contribution in [2.45, 2.75) is 0 Å². The van der Waals surface area contributed by atoms with Gasteiger partial charge in [0.2, 0.25) is 0 Å². The van der Waals surface area contributed by atoms with Crippen molar-refractivity contribution in [3.05, 3.63) is 218 Å². The molecule has 0 bridgehead atoms. The molecule has 0 atom stereocenters. The lowest BCUT2D eigenvalue weighted by atomic mass is 9.95. The molecule has 278 valence electrons. The second-order valence-electron chi connectivity index (χ2n) is 14.7. The molecule has 4 heteroatoms. The molecule has 0 radical (unpaired) electrons. The molecule has 0 unspecified atom stereocenters. The molecule has 11 rings (SSSR count). The highest BCUT2D eigenvalue weighted by Gasteiger charge is 2.20. The van der Waals surface area contributed by atoms with E-state index in [1.807, 2.05) is 11.3 Å². The van der Waals surface area contributed by atoms with Crippen molar-refractivity contribution in [1.82, 2.24) is 4.98 Å². The molecular formula is C55H36N2S2. The van der Waals surface area contributed by atoms with Crippen molar-refractivity contribution < 1.29 is 0 Å². The number of rotatable bonds is 8. The minimum Gasteiger partial charge on any atom is -0.310 e. The Balaban J connectivity index is 1.04. The summed E-state index contributed by atoms with van der Waals surface area (Å²) in [7, 11) is 0. The number of hydrogen-bond donors (Lipinski definition) is 0. The summed E-state index contributed by atoms with van der Waals surface area (Å²) in [4.78, 5) is 7.46. The van der Waals surface area contributed by atoms with Crippen LogP contribution in [0.25, 0.3) is 85.5 Å². The molecule has 0 spiro atoms. The minimum absolute atomic E-state index is 1.06. The standard InChI is InChI=1S/C55H36N2S2/c1-5-15-37(16-6-1)42-23-13-24-45(33-42)57(51-32-29-43(38-17-7-2-8-18-38)34-48(51)39-19-9-3-10-20-39)44-30-27-40(28-31-44)46-25-14-26-47-49-35-53-50(36-52(49)58-54(46)47)56-55(59-53)41-21-11-4-12-22-41/h1-36H. The van der Waals surface area contributed by atoms with E-state index < -0.39 is 0 Å². The zero-order valence-electron chi connectivity index (χ0n) is 32.0. The van der Waals surface area contributed by atoms with Gasteiger partial charge in [-0.05, 0) is 87.5 Å². The van der Waals surface area contributed by atoms with Crippen molar-refractivity contribution in [3.63, 3.8) is 0 Å². The molecule has 0 saturated heterocycles. The third kappa shape index (κ3) is 6.59. The number of nitrogens with zero attached hydrogens (tertiary/aromatic N) is 2. The van der Waals surface area contributed by atoms with E-state index in [2.05, 4.69) is 223 Å². The largest absolute Gasteiger partial charge is 0.310 e. The van der Waals surface area contributed by atoms with Crippen LogP contribution in [-0.2, 0) is 0 Å². The fourth-order valence-corrected chi connectivity index (χ4v) is 10.5. The number of hydrogen-bond acceptors (Lipinski definition) is 4. The summed E-state index contributed by atoms with van der Waals surface area (Å²) < 4.78 is 3.78. The van der Waals surface area contributed by atoms with Gasteiger partial charge in [0.1, 0.15) is 5.01 Å². The summed E-state index contributed by atoms with van der Waals surface area (Å²) in [5.41, 5.74) is 15.0. The van der Waals surface area contributed by atoms with Crippen LogP contribution in [0.15, 0.2) is 218 Å². The second-order valence-corrected chi connectivity index (χ2v) is 16.8. The normalized spacial score (nSPS) is 11.4. The van der Waals surface area contributed by atoms with Gasteiger partial charge in [0.25, 0.3) is 0 Å². The average molecular weight is 789 g/mol. The Morgan fingerprint density at radius 1 is 0.339 bits per heavy atom. The quantitative estimate of drug-likeness (QED) is 0.152. The number of anilines is 3. The van der Waals surface area contributed by atoms with E-state index in [4.69, 9.17) is 4.98 Å². The molecule has 11 aromatic rings. The highest BCUT2D eigenvalue weighted by molar-refractivity contribution is 7.26. The van der Waals surface area contributed by atoms with Gasteiger partial charge >= 0.3 is 0 Å². The predicted molar refractivity (Wildman–Crippen MR) is 254 cm³/mol. The molecule has 0 aliphatic rings. The van der Waals surface area contributed by atoms with Gasteiger partial charge in [0, 0.05) is 42.7 Å². The van der Waals surface area contributed by atoms with Crippen LogP contribution in [0.1, 0.15) is 0 Å². The molecule has 0 saturated carbocycles. The van der Waals surface area contributed by atoms with E-state index >= 15 is 0 Å². The first kappa shape index (κ1) is 35.1. The van der Waals surface area contributed by atoms with Crippen LogP contribution < -0.4 is 4.90 Å². The maximum absolute atomic E-state index is 5.05. The number of benzene rings is 9. The van der Waals surface area contributed by atoms with Gasteiger partial charge in [-0.15, -0.1) is 22.7 Å². The van der Waals surface area contributed by atoms with Gasteiger partial charge in [0.15, 0.2) is 0 Å². The average Bonchev–Trinajstić information content (AvgIpc) is 3.91. The van der Waals surface area contributed by atoms with Gasteiger partial charge in [-0.2, -0.15) is 0 Å². The summed E-state index contributed by atoms with van der Waals surface area (Å²) in [6.07, 6.45) is 0. The van der Waals surface area contributed by atoms with Crippen molar-refractivity contribution >= 4 is 70.1 Å². The maximum Gasteiger partial charge on any atom is 0.124 e. The van der Waals surface area contributed by atoms with Gasteiger partial charge in [-0.1, -0.05) is 170 Å². The number of thiazole rings is 1. The van der Waals surface area contributed by atoms with Crippen LogP contribution in [0.4, 0.5) is 17.1 Å². The first-order valence-electron chi connectivity index (χ1n) is 19.9. The molecule has 59 heavy (non-hydrogen) atoms. The Labute approximate surface area is 351 Å². The Hall–Kier alpha value is -7.11. The van der Waals surface area contributed by atoms with E-state index in [-0.39, 0.29) is 0 Å². The first-order valence-corrected chi connectivity index (χ1v) is 21.5. The SMILES string of the molecule is c1ccc(-c2cccc(N(c3ccc(-c4cccc5c4sc4cc6nc(-c7ccccc7)sc6cc45)cc3)c3ccc(-c4ccccc4)cc3-c3ccccc3)c2)cc1. The van der Waals surface area contributed by atoms with Crippen LogP contribution in [0.3, 0.4) is 0 Å². The molecule has 2 heterocycles. The zero-order valence-corrected chi connectivity index (χ0v) is 33.6. The third-order valence-corrected chi connectivity index (χ3v) is 13.4. The van der Waals surface area contributed by atoms with Gasteiger partial charge < -0.3 is 4.90 Å². The molecule has 0 aliphatic carbocycles. The Morgan fingerprint density at radius 2 is 0.915 bits per heavy atom. The third-order valence-electron chi connectivity index (χ3n) is 11.1. The first-order chi connectivity index (χ1) is 29.2. The zero-order chi connectivity index (χ0) is 39.1. The van der Waals surface area contributed by atoms with Crippen LogP contribution in [0, 0.1) is 0 Å². The summed E-state index contributed by atoms with van der Waals surface area (Å²) in [5.74, 6) is 0. The van der Waals surface area contributed by atoms with E-state index in [1.165, 1.54) is 69.4 Å². The molecule has 0 amide bonds. The number of fused-ring (bicyclic) bond motifs is 4. The van der Waals surface area contributed by atoms with E-state index in [0.717, 1.165) is 33.1 Å². The lowest BCUT2D eigenvalue weighted by molar-refractivity contribution is 1.28. The topological polar surface area (TPSA) is 16.1 Å². The van der Waals surface area contributed by atoms with Gasteiger partial charge in [-0.3, -0.25) is 0 Å². The summed E-state index contributed by atoms with van der Waals surface area (Å²) in [6.45, 7) is 0. The van der Waals surface area contributed by atoms with Crippen LogP contribution >= 0.6 is 22.7 Å². The fraction of sp³-hybridized carbons (Fsp3) is 0. The van der Waals surface area contributed by atoms with Crippen molar-refractivity contribution in [2.75, 3.05) is 4.90 Å². The lowest BCUT2D eigenvalue weighted by Gasteiger charge is -2.29. The van der Waals surface area contributed by atoms with E-state index in [0.29, 0.717) is 0 Å². The minimum atomic E-state index is 1.06. The molecule has 2 aromatic heterocycles. The molecule has 0 N–H and O–H groups in total. The molecular weight excluding hydrogens is 753 g/mol. The monoisotopic (exact) mass is 788 g/mol. The van der Waals surface area contributed by atoms with Crippen molar-refractivity contribution in [1.29, 1.82) is 0 Å². The predicted octanol–water partition coefficient (Wildman–Crippen LogP) is 16.5. The summed E-state index contributed by atoms with van der Waals surface area (Å²) >= 11 is 3.63. The Kier molecular flexibility index (Phi) is 8.92. The van der Waals surface area contributed by atoms with Gasteiger partial charge in [-0.25, -0.2) is 4.98 Å². The van der Waals surface area contributed by atoms with Crippen molar-refractivity contribution in [2.24, 2.45) is 0 Å². The fourth-order valence-electron chi connectivity index (χ4n) is 8.21. The van der Waals surface area contributed by atoms with E-state index in [1.54, 1.807) is 11.3 Å². The molecule has 9 aromatic carbocycles. The Bertz CT molecular complexity index is 3240. The van der Waals surface area contributed by atoms with Crippen molar-refractivity contribution in [3.8, 4) is 55.1 Å². The smallest absolute Gasteiger partial charge is 0.124 e. The van der Waals surface area contributed by atoms with Crippen LogP contribution in [0.5, 0.6) is 0 Å². The van der Waals surface area contributed by atoms with Crippen LogP contribution in [0.2, 0.25) is 0 Å². The number of thiophene rings is 1. The highest BCUT2D eigenvalue weighted by Crippen LogP contribution is 2.46. The molecule has 0 fully saturated rings. The second kappa shape index (κ2) is 15.0. The highest BCUT2D eigenvalue weighted by atomic mass is 32.1. The number of aromatic nitrogens is 1. The molecule has 0 aliphatic heterocycles. The summed E-state index contributed by atoms with van der Waals surface area (Å²) in [5, 5.41) is 3.64. The maximum atomic E-state index is 5.05.